The van der Waals surface area contributed by atoms with Crippen molar-refractivity contribution in [3.8, 4) is 0 Å². The number of nitrogens with one attached hydrogen (secondary N) is 1. The largest absolute Gasteiger partial charge is 0.343 e. The minimum Gasteiger partial charge on any atom is -0.318 e. The lowest BCUT2D eigenvalue weighted by Crippen LogP contribution is -2.42. The van der Waals surface area contributed by atoms with Crippen molar-refractivity contribution < 1.29 is 9.63 Å². The molecule has 0 aromatic heterocycles. The number of hydrogen-bond donors (Lipinski definition) is 1. The van der Waals surface area contributed by atoms with E-state index in [1.807, 2.05) is 6.92 Å². The summed E-state index contributed by atoms with van der Waals surface area (Å²) in [5.41, 5.74) is 0.879. The monoisotopic (exact) mass is 182 g/mol. The Hall–Kier alpha value is -0.900. The van der Waals surface area contributed by atoms with E-state index in [-0.39, 0.29) is 17.9 Å². The van der Waals surface area contributed by atoms with Gasteiger partial charge < -0.3 is 10.2 Å². The molecule has 13 heavy (non-hydrogen) atoms. The van der Waals surface area contributed by atoms with Gasteiger partial charge >= 0.3 is 5.97 Å². The topological polar surface area (TPSA) is 50.7 Å². The van der Waals surface area contributed by atoms with E-state index in [2.05, 4.69) is 15.3 Å². The lowest BCUT2D eigenvalue weighted by molar-refractivity contribution is -0.142. The van der Waals surface area contributed by atoms with Gasteiger partial charge in [0.05, 0.1) is 11.6 Å². The first kappa shape index (κ1) is 8.69. The van der Waals surface area contributed by atoms with Crippen molar-refractivity contribution in [2.45, 2.75) is 32.2 Å². The van der Waals surface area contributed by atoms with E-state index in [9.17, 15) is 4.79 Å². The van der Waals surface area contributed by atoms with Gasteiger partial charge in [0, 0.05) is 6.04 Å². The minimum absolute atomic E-state index is 0.157. The van der Waals surface area contributed by atoms with Crippen molar-refractivity contribution in [1.29, 1.82) is 0 Å². The first-order valence-electron chi connectivity index (χ1n) is 4.81. The Morgan fingerprint density at radius 1 is 1.54 bits per heavy atom. The Morgan fingerprint density at radius 2 is 2.38 bits per heavy atom. The second-order valence-electron chi connectivity index (χ2n) is 3.65. The van der Waals surface area contributed by atoms with Crippen molar-refractivity contribution in [3.05, 3.63) is 0 Å². The van der Waals surface area contributed by atoms with Gasteiger partial charge in [-0.25, -0.2) is 4.79 Å². The van der Waals surface area contributed by atoms with Crippen LogP contribution in [0.15, 0.2) is 5.16 Å². The minimum atomic E-state index is -0.220. The van der Waals surface area contributed by atoms with Crippen molar-refractivity contribution in [3.63, 3.8) is 0 Å². The number of oxime groups is 1. The number of carbonyl (C=O) groups excluding carboxylic acids is 1. The number of carbonyl (C=O) groups is 1. The average molecular weight is 182 g/mol. The van der Waals surface area contributed by atoms with Crippen LogP contribution in [0.4, 0.5) is 0 Å². The molecule has 0 aliphatic carbocycles. The molecule has 0 bridgehead atoms. The molecular formula is C9H14N2O2. The van der Waals surface area contributed by atoms with Crippen LogP contribution < -0.4 is 5.32 Å². The predicted octanol–water partition coefficient (Wildman–Crippen LogP) is 0.677. The second kappa shape index (κ2) is 3.46. The molecule has 2 heterocycles. The molecule has 0 aromatic carbocycles. The molecule has 0 amide bonds. The molecule has 1 N–H and O–H groups in total. The molecule has 0 saturated carbocycles. The highest BCUT2D eigenvalue weighted by molar-refractivity contribution is 6.07. The Kier molecular flexibility index (Phi) is 2.31. The van der Waals surface area contributed by atoms with Gasteiger partial charge in [-0.2, -0.15) is 0 Å². The third-order valence-corrected chi connectivity index (χ3v) is 2.71. The number of hydrogen-bond acceptors (Lipinski definition) is 4. The van der Waals surface area contributed by atoms with Crippen molar-refractivity contribution in [2.75, 3.05) is 6.54 Å². The van der Waals surface area contributed by atoms with Crippen LogP contribution in [0.2, 0.25) is 0 Å². The van der Waals surface area contributed by atoms with Gasteiger partial charge in [-0.1, -0.05) is 11.6 Å². The van der Waals surface area contributed by atoms with Gasteiger partial charge in [0.1, 0.15) is 0 Å². The molecule has 72 valence electrons. The maximum absolute atomic E-state index is 11.1. The Labute approximate surface area is 77.3 Å². The quantitative estimate of drug-likeness (QED) is 0.606. The zero-order valence-corrected chi connectivity index (χ0v) is 7.75. The number of piperidine rings is 1. The summed E-state index contributed by atoms with van der Waals surface area (Å²) >= 11 is 0. The summed E-state index contributed by atoms with van der Waals surface area (Å²) in [6.45, 7) is 2.87. The zero-order chi connectivity index (χ0) is 9.26. The SMILES string of the molecule is CC1C(=O)ON=C1C1CCCCN1. The smallest absolute Gasteiger partial charge is 0.318 e. The second-order valence-corrected chi connectivity index (χ2v) is 3.65. The third-order valence-electron chi connectivity index (χ3n) is 2.71. The molecular weight excluding hydrogens is 168 g/mol. The maximum Gasteiger partial charge on any atom is 0.343 e. The summed E-state index contributed by atoms with van der Waals surface area (Å²) in [6.07, 6.45) is 3.49. The van der Waals surface area contributed by atoms with Gasteiger partial charge in [-0.3, -0.25) is 0 Å². The van der Waals surface area contributed by atoms with Gasteiger partial charge in [-0.05, 0) is 26.3 Å². The van der Waals surface area contributed by atoms with Crippen LogP contribution in [0.3, 0.4) is 0 Å². The van der Waals surface area contributed by atoms with E-state index < -0.39 is 0 Å². The van der Waals surface area contributed by atoms with E-state index in [4.69, 9.17) is 0 Å². The normalized spacial score (nSPS) is 34.2. The molecule has 2 unspecified atom stereocenters. The molecule has 1 saturated heterocycles. The van der Waals surface area contributed by atoms with Gasteiger partial charge in [0.2, 0.25) is 0 Å². The van der Waals surface area contributed by atoms with E-state index in [1.54, 1.807) is 0 Å². The van der Waals surface area contributed by atoms with Crippen LogP contribution in [0.5, 0.6) is 0 Å². The van der Waals surface area contributed by atoms with Gasteiger partial charge in [0.25, 0.3) is 0 Å². The summed E-state index contributed by atoms with van der Waals surface area (Å²) in [7, 11) is 0. The molecule has 2 atom stereocenters. The van der Waals surface area contributed by atoms with Crippen molar-refractivity contribution in [2.24, 2.45) is 11.1 Å². The van der Waals surface area contributed by atoms with E-state index in [0.29, 0.717) is 0 Å². The molecule has 0 spiro atoms. The van der Waals surface area contributed by atoms with E-state index >= 15 is 0 Å². The Morgan fingerprint density at radius 3 is 2.92 bits per heavy atom. The van der Waals surface area contributed by atoms with E-state index in [1.165, 1.54) is 12.8 Å². The highest BCUT2D eigenvalue weighted by atomic mass is 16.7. The molecule has 1 fully saturated rings. The molecule has 2 aliphatic heterocycles. The average Bonchev–Trinajstić information content (AvgIpc) is 2.49. The lowest BCUT2D eigenvalue weighted by Gasteiger charge is -2.23. The molecule has 4 heteroatoms. The molecule has 0 radical (unpaired) electrons. The molecule has 2 rings (SSSR count). The summed E-state index contributed by atoms with van der Waals surface area (Å²) < 4.78 is 0. The van der Waals surface area contributed by atoms with Gasteiger partial charge in [0.15, 0.2) is 0 Å². The summed E-state index contributed by atoms with van der Waals surface area (Å²) in [5.74, 6) is -0.377. The fourth-order valence-corrected chi connectivity index (χ4v) is 1.85. The zero-order valence-electron chi connectivity index (χ0n) is 7.75. The van der Waals surface area contributed by atoms with Gasteiger partial charge in [-0.15, -0.1) is 0 Å². The van der Waals surface area contributed by atoms with Crippen LogP contribution in [0, 0.1) is 5.92 Å². The molecule has 2 aliphatic rings. The first-order chi connectivity index (χ1) is 6.29. The van der Waals surface area contributed by atoms with Crippen LogP contribution in [-0.4, -0.2) is 24.3 Å². The van der Waals surface area contributed by atoms with Crippen LogP contribution in [0.25, 0.3) is 0 Å². The highest BCUT2D eigenvalue weighted by Gasteiger charge is 2.33. The fraction of sp³-hybridized carbons (Fsp3) is 0.778. The summed E-state index contributed by atoms with van der Waals surface area (Å²) in [6, 6.07) is 0.259. The molecule has 0 aromatic rings. The summed E-state index contributed by atoms with van der Waals surface area (Å²) in [4.78, 5) is 15.7. The van der Waals surface area contributed by atoms with E-state index in [0.717, 1.165) is 18.7 Å². The number of nitrogens with zero attached hydrogens (tertiary/aromatic N) is 1. The Balaban J connectivity index is 2.03. The van der Waals surface area contributed by atoms with Crippen LogP contribution in [-0.2, 0) is 9.63 Å². The summed E-state index contributed by atoms with van der Waals surface area (Å²) in [5, 5.41) is 7.18. The van der Waals surface area contributed by atoms with Crippen LogP contribution in [0.1, 0.15) is 26.2 Å². The highest BCUT2D eigenvalue weighted by Crippen LogP contribution is 2.18. The third kappa shape index (κ3) is 1.58. The van der Waals surface area contributed by atoms with Crippen LogP contribution >= 0.6 is 0 Å². The van der Waals surface area contributed by atoms with Crippen molar-refractivity contribution >= 4 is 11.7 Å². The lowest BCUT2D eigenvalue weighted by atomic mass is 9.93. The Bertz CT molecular complexity index is 244. The van der Waals surface area contributed by atoms with Crippen molar-refractivity contribution in [1.82, 2.24) is 5.32 Å². The fourth-order valence-electron chi connectivity index (χ4n) is 1.85. The maximum atomic E-state index is 11.1. The standard InChI is InChI=1S/C9H14N2O2/c1-6-8(11-13-9(6)12)7-4-2-3-5-10-7/h6-7,10H,2-5H2,1H3. The molecule has 4 nitrogen and oxygen atoms in total. The predicted molar refractivity (Wildman–Crippen MR) is 48.3 cm³/mol. The number of rotatable bonds is 1. The first-order valence-corrected chi connectivity index (χ1v) is 4.81.